The summed E-state index contributed by atoms with van der Waals surface area (Å²) in [6.45, 7) is 2.48. The maximum atomic E-state index is 13.5. The Morgan fingerprint density at radius 2 is 1.74 bits per heavy atom. The Morgan fingerprint density at radius 1 is 1.00 bits per heavy atom. The van der Waals surface area contributed by atoms with E-state index < -0.39 is 6.04 Å². The molecule has 0 aliphatic carbocycles. The van der Waals surface area contributed by atoms with Crippen molar-refractivity contribution in [3.63, 3.8) is 0 Å². The van der Waals surface area contributed by atoms with Crippen LogP contribution < -0.4 is 10.1 Å². The summed E-state index contributed by atoms with van der Waals surface area (Å²) < 4.78 is 6.62. The topological polar surface area (TPSA) is 58.6 Å². The molecule has 184 valence electrons. The van der Waals surface area contributed by atoms with Gasteiger partial charge in [-0.3, -0.25) is 9.59 Å². The first-order valence-corrected chi connectivity index (χ1v) is 12.9. The molecule has 0 heterocycles. The van der Waals surface area contributed by atoms with E-state index in [9.17, 15) is 9.59 Å². The molecule has 0 saturated heterocycles. The SMILES string of the molecule is CCCNC(=O)[C@H](Cc1ccccc1)N(Cc1cccc(Br)c1)C(=O)COc1ccc(Cl)cc1Cl. The smallest absolute Gasteiger partial charge is 0.261 e. The van der Waals surface area contributed by atoms with Crippen molar-refractivity contribution in [1.29, 1.82) is 0 Å². The summed E-state index contributed by atoms with van der Waals surface area (Å²) in [4.78, 5) is 28.4. The van der Waals surface area contributed by atoms with Gasteiger partial charge in [0.1, 0.15) is 11.8 Å². The van der Waals surface area contributed by atoms with Crippen LogP contribution in [0.2, 0.25) is 10.0 Å². The molecule has 0 aliphatic heterocycles. The van der Waals surface area contributed by atoms with Crippen molar-refractivity contribution in [3.05, 3.63) is 98.4 Å². The maximum absolute atomic E-state index is 13.5. The zero-order chi connectivity index (χ0) is 25.2. The van der Waals surface area contributed by atoms with Crippen molar-refractivity contribution >= 4 is 50.9 Å². The fourth-order valence-electron chi connectivity index (χ4n) is 3.57. The fourth-order valence-corrected chi connectivity index (χ4v) is 4.48. The molecule has 1 N–H and O–H groups in total. The highest BCUT2D eigenvalue weighted by molar-refractivity contribution is 9.10. The van der Waals surface area contributed by atoms with Crippen LogP contribution in [-0.4, -0.2) is 35.9 Å². The molecule has 0 unspecified atom stereocenters. The van der Waals surface area contributed by atoms with Crippen LogP contribution in [0.25, 0.3) is 0 Å². The lowest BCUT2D eigenvalue weighted by Crippen LogP contribution is -2.51. The molecular weight excluding hydrogens is 551 g/mol. The number of ether oxygens (including phenoxy) is 1. The summed E-state index contributed by atoms with van der Waals surface area (Å²) in [5.41, 5.74) is 1.84. The first-order chi connectivity index (χ1) is 16.9. The lowest BCUT2D eigenvalue weighted by molar-refractivity contribution is -0.142. The molecule has 0 saturated carbocycles. The van der Waals surface area contributed by atoms with Gasteiger partial charge >= 0.3 is 0 Å². The second-order valence-corrected chi connectivity index (χ2v) is 9.77. The van der Waals surface area contributed by atoms with E-state index in [0.29, 0.717) is 28.8 Å². The third kappa shape index (κ3) is 8.27. The molecule has 8 heteroatoms. The van der Waals surface area contributed by atoms with E-state index in [1.54, 1.807) is 23.1 Å². The Labute approximate surface area is 224 Å². The summed E-state index contributed by atoms with van der Waals surface area (Å²) in [5, 5.41) is 3.74. The minimum atomic E-state index is -0.722. The Kier molecular flexibility index (Phi) is 10.5. The average Bonchev–Trinajstić information content (AvgIpc) is 2.84. The summed E-state index contributed by atoms with van der Waals surface area (Å²) in [6, 6.07) is 21.4. The minimum absolute atomic E-state index is 0.205. The molecule has 3 aromatic rings. The number of rotatable bonds is 11. The molecule has 0 bridgehead atoms. The molecule has 0 radical (unpaired) electrons. The number of nitrogens with zero attached hydrogens (tertiary/aromatic N) is 1. The number of carbonyl (C=O) groups is 2. The van der Waals surface area contributed by atoms with Crippen LogP contribution in [0.15, 0.2) is 77.3 Å². The quantitative estimate of drug-likeness (QED) is 0.291. The van der Waals surface area contributed by atoms with E-state index >= 15 is 0 Å². The third-order valence-electron chi connectivity index (χ3n) is 5.31. The van der Waals surface area contributed by atoms with Gasteiger partial charge in [-0.1, -0.05) is 88.5 Å². The zero-order valence-corrected chi connectivity index (χ0v) is 22.4. The molecule has 0 spiro atoms. The van der Waals surface area contributed by atoms with Gasteiger partial charge in [-0.25, -0.2) is 0 Å². The second-order valence-electron chi connectivity index (χ2n) is 8.01. The lowest BCUT2D eigenvalue weighted by Gasteiger charge is -2.31. The monoisotopic (exact) mass is 576 g/mol. The molecule has 35 heavy (non-hydrogen) atoms. The van der Waals surface area contributed by atoms with Crippen molar-refractivity contribution in [2.45, 2.75) is 32.4 Å². The van der Waals surface area contributed by atoms with Crippen LogP contribution in [0.1, 0.15) is 24.5 Å². The van der Waals surface area contributed by atoms with Gasteiger partial charge < -0.3 is 15.0 Å². The van der Waals surface area contributed by atoms with Crippen molar-refractivity contribution in [3.8, 4) is 5.75 Å². The predicted molar refractivity (Wildman–Crippen MR) is 144 cm³/mol. The van der Waals surface area contributed by atoms with Crippen LogP contribution in [0.5, 0.6) is 5.75 Å². The highest BCUT2D eigenvalue weighted by Crippen LogP contribution is 2.27. The summed E-state index contributed by atoms with van der Waals surface area (Å²) >= 11 is 15.7. The van der Waals surface area contributed by atoms with E-state index in [-0.39, 0.29) is 25.0 Å². The largest absolute Gasteiger partial charge is 0.482 e. The van der Waals surface area contributed by atoms with E-state index in [4.69, 9.17) is 27.9 Å². The normalized spacial score (nSPS) is 11.5. The van der Waals surface area contributed by atoms with Crippen LogP contribution in [-0.2, 0) is 22.6 Å². The number of hydrogen-bond acceptors (Lipinski definition) is 3. The average molecular weight is 578 g/mol. The highest BCUT2D eigenvalue weighted by atomic mass is 79.9. The standard InChI is InChI=1S/C27H27BrCl2N2O3/c1-2-13-31-27(34)24(15-19-7-4-3-5-8-19)32(17-20-9-6-10-21(28)14-20)26(33)18-35-25-12-11-22(29)16-23(25)30/h3-12,14,16,24H,2,13,15,17-18H2,1H3,(H,31,34)/t24-/m0/s1. The number of nitrogens with one attached hydrogen (secondary N) is 1. The van der Waals surface area contributed by atoms with E-state index in [1.807, 2.05) is 61.5 Å². The molecule has 3 aromatic carbocycles. The molecule has 0 aliphatic rings. The van der Waals surface area contributed by atoms with Crippen LogP contribution in [0.4, 0.5) is 0 Å². The maximum Gasteiger partial charge on any atom is 0.261 e. The molecular formula is C27H27BrCl2N2O3. The van der Waals surface area contributed by atoms with Crippen molar-refractivity contribution in [2.24, 2.45) is 0 Å². The van der Waals surface area contributed by atoms with Crippen LogP contribution in [0, 0.1) is 0 Å². The van der Waals surface area contributed by atoms with Crippen LogP contribution in [0.3, 0.4) is 0 Å². The van der Waals surface area contributed by atoms with Gasteiger partial charge in [0, 0.05) is 29.0 Å². The number of halogens is 3. The van der Waals surface area contributed by atoms with Crippen molar-refractivity contribution in [2.75, 3.05) is 13.2 Å². The van der Waals surface area contributed by atoms with Gasteiger partial charge in [0.2, 0.25) is 5.91 Å². The number of benzene rings is 3. The molecule has 1 atom stereocenters. The summed E-state index contributed by atoms with van der Waals surface area (Å²) in [5.74, 6) is -0.186. The Morgan fingerprint density at radius 3 is 2.43 bits per heavy atom. The predicted octanol–water partition coefficient (Wildman–Crippen LogP) is 6.30. The Bertz CT molecular complexity index is 1140. The molecule has 2 amide bonds. The van der Waals surface area contributed by atoms with Crippen molar-refractivity contribution in [1.82, 2.24) is 10.2 Å². The highest BCUT2D eigenvalue weighted by Gasteiger charge is 2.30. The Hall–Kier alpha value is -2.54. The molecule has 3 rings (SSSR count). The van der Waals surface area contributed by atoms with Gasteiger partial charge in [0.05, 0.1) is 5.02 Å². The first-order valence-electron chi connectivity index (χ1n) is 11.3. The second kappa shape index (κ2) is 13.5. The van der Waals surface area contributed by atoms with Gasteiger partial charge in [-0.15, -0.1) is 0 Å². The number of amides is 2. The fraction of sp³-hybridized carbons (Fsp3) is 0.259. The lowest BCUT2D eigenvalue weighted by atomic mass is 10.0. The molecule has 0 aromatic heterocycles. The van der Waals surface area contributed by atoms with E-state index in [1.165, 1.54) is 0 Å². The van der Waals surface area contributed by atoms with Crippen molar-refractivity contribution < 1.29 is 14.3 Å². The van der Waals surface area contributed by atoms with Gasteiger partial charge in [0.15, 0.2) is 6.61 Å². The first kappa shape index (κ1) is 27.1. The van der Waals surface area contributed by atoms with Gasteiger partial charge in [-0.05, 0) is 47.9 Å². The Balaban J connectivity index is 1.90. The molecule has 5 nitrogen and oxygen atoms in total. The van der Waals surface area contributed by atoms with Gasteiger partial charge in [-0.2, -0.15) is 0 Å². The van der Waals surface area contributed by atoms with E-state index in [0.717, 1.165) is 22.0 Å². The number of carbonyl (C=O) groups excluding carboxylic acids is 2. The van der Waals surface area contributed by atoms with Crippen LogP contribution >= 0.6 is 39.1 Å². The molecule has 0 fully saturated rings. The minimum Gasteiger partial charge on any atom is -0.482 e. The zero-order valence-electron chi connectivity index (χ0n) is 19.3. The van der Waals surface area contributed by atoms with E-state index in [2.05, 4.69) is 21.2 Å². The summed E-state index contributed by atoms with van der Waals surface area (Å²) in [6.07, 6.45) is 1.17. The summed E-state index contributed by atoms with van der Waals surface area (Å²) in [7, 11) is 0. The number of hydrogen-bond donors (Lipinski definition) is 1. The van der Waals surface area contributed by atoms with Gasteiger partial charge in [0.25, 0.3) is 5.91 Å². The third-order valence-corrected chi connectivity index (χ3v) is 6.33.